The Hall–Kier alpha value is -2.50. The van der Waals surface area contributed by atoms with Crippen LogP contribution in [0.3, 0.4) is 0 Å². The second-order valence-corrected chi connectivity index (χ2v) is 7.28. The van der Waals surface area contributed by atoms with Crippen LogP contribution in [0.1, 0.15) is 30.4 Å². The van der Waals surface area contributed by atoms with Crippen LogP contribution in [-0.2, 0) is 20.9 Å². The highest BCUT2D eigenvalue weighted by Crippen LogP contribution is 2.38. The van der Waals surface area contributed by atoms with Crippen molar-refractivity contribution in [3.8, 4) is 5.75 Å². The summed E-state index contributed by atoms with van der Waals surface area (Å²) in [5.41, 5.74) is 2.34. The van der Waals surface area contributed by atoms with Crippen LogP contribution >= 0.6 is 23.2 Å². The maximum atomic E-state index is 12.8. The Morgan fingerprint density at radius 3 is 2.54 bits per heavy atom. The second kappa shape index (κ2) is 8.67. The van der Waals surface area contributed by atoms with Crippen LogP contribution in [0.5, 0.6) is 5.75 Å². The molecule has 0 bridgehead atoms. The summed E-state index contributed by atoms with van der Waals surface area (Å²) >= 11 is 12.3. The topological polar surface area (TPSA) is 64.6 Å². The molecule has 7 heteroatoms. The van der Waals surface area contributed by atoms with Gasteiger partial charge in [-0.1, -0.05) is 41.4 Å². The van der Waals surface area contributed by atoms with Gasteiger partial charge in [-0.05, 0) is 42.3 Å². The average Bonchev–Trinajstić information content (AvgIpc) is 2.66. The van der Waals surface area contributed by atoms with Crippen LogP contribution in [0.2, 0.25) is 10.0 Å². The van der Waals surface area contributed by atoms with Gasteiger partial charge in [0.15, 0.2) is 0 Å². The smallest absolute Gasteiger partial charge is 0.336 e. The summed E-state index contributed by atoms with van der Waals surface area (Å²) in [6.07, 6.45) is 0.103. The van der Waals surface area contributed by atoms with Gasteiger partial charge in [-0.3, -0.25) is 4.79 Å². The number of carbonyl (C=O) groups is 2. The van der Waals surface area contributed by atoms with Crippen LogP contribution in [0.15, 0.2) is 53.7 Å². The molecule has 5 nitrogen and oxygen atoms in total. The summed E-state index contributed by atoms with van der Waals surface area (Å²) < 4.78 is 10.6. The molecular formula is C21H19Cl2NO4. The van der Waals surface area contributed by atoms with Crippen LogP contribution in [0, 0.1) is 0 Å². The Bertz CT molecular complexity index is 938. The van der Waals surface area contributed by atoms with E-state index in [1.807, 2.05) is 12.1 Å². The number of allylic oxidation sites excluding steroid dienone is 1. The maximum absolute atomic E-state index is 12.8. The van der Waals surface area contributed by atoms with Crippen molar-refractivity contribution in [2.75, 3.05) is 7.11 Å². The monoisotopic (exact) mass is 419 g/mol. The molecule has 1 amide bonds. The molecule has 0 aliphatic carbocycles. The number of amides is 1. The summed E-state index contributed by atoms with van der Waals surface area (Å²) in [6.45, 7) is 1.78. The lowest BCUT2D eigenvalue weighted by Crippen LogP contribution is -2.34. The lowest BCUT2D eigenvalue weighted by Gasteiger charge is -2.27. The highest BCUT2D eigenvalue weighted by molar-refractivity contribution is 6.35. The standard InChI is InChI=1S/C21H19Cl2NO4/c1-12-20(21(26)28-11-13-3-6-15(27-2)7-4-13)17(10-19(25)24-12)16-8-5-14(22)9-18(16)23/h3-9,17H,10-11H2,1-2H3,(H,24,25)/t17-/m0/s1. The third kappa shape index (κ3) is 4.49. The fourth-order valence-electron chi connectivity index (χ4n) is 3.17. The molecule has 28 heavy (non-hydrogen) atoms. The highest BCUT2D eigenvalue weighted by atomic mass is 35.5. The van der Waals surface area contributed by atoms with E-state index in [1.54, 1.807) is 44.4 Å². The number of ether oxygens (including phenoxy) is 2. The summed E-state index contributed by atoms with van der Waals surface area (Å²) in [6, 6.07) is 12.3. The second-order valence-electron chi connectivity index (χ2n) is 6.43. The van der Waals surface area contributed by atoms with Crippen molar-refractivity contribution in [2.24, 2.45) is 0 Å². The van der Waals surface area contributed by atoms with Gasteiger partial charge in [-0.15, -0.1) is 0 Å². The van der Waals surface area contributed by atoms with Gasteiger partial charge >= 0.3 is 5.97 Å². The van der Waals surface area contributed by atoms with E-state index in [4.69, 9.17) is 32.7 Å². The van der Waals surface area contributed by atoms with Gasteiger partial charge in [0.1, 0.15) is 12.4 Å². The van der Waals surface area contributed by atoms with Crippen molar-refractivity contribution >= 4 is 35.1 Å². The summed E-state index contributed by atoms with van der Waals surface area (Å²) in [5, 5.41) is 3.60. The van der Waals surface area contributed by atoms with Gasteiger partial charge in [0, 0.05) is 28.1 Å². The average molecular weight is 420 g/mol. The van der Waals surface area contributed by atoms with E-state index in [2.05, 4.69) is 5.32 Å². The summed E-state index contributed by atoms with van der Waals surface area (Å²) in [7, 11) is 1.59. The molecule has 0 aromatic heterocycles. The molecule has 0 spiro atoms. The largest absolute Gasteiger partial charge is 0.497 e. The molecule has 146 valence electrons. The molecule has 0 saturated carbocycles. The van der Waals surface area contributed by atoms with Gasteiger partial charge in [-0.2, -0.15) is 0 Å². The highest BCUT2D eigenvalue weighted by Gasteiger charge is 2.33. The first-order valence-electron chi connectivity index (χ1n) is 8.64. The van der Waals surface area contributed by atoms with Crippen molar-refractivity contribution in [2.45, 2.75) is 25.9 Å². The zero-order valence-electron chi connectivity index (χ0n) is 15.4. The number of benzene rings is 2. The molecule has 1 atom stereocenters. The molecule has 1 heterocycles. The lowest BCUT2D eigenvalue weighted by molar-refractivity contribution is -0.141. The molecule has 2 aromatic carbocycles. The quantitative estimate of drug-likeness (QED) is 0.717. The summed E-state index contributed by atoms with van der Waals surface area (Å²) in [5.74, 6) is -0.451. The predicted molar refractivity (Wildman–Crippen MR) is 107 cm³/mol. The zero-order chi connectivity index (χ0) is 20.3. The maximum Gasteiger partial charge on any atom is 0.336 e. The number of nitrogens with one attached hydrogen (secondary N) is 1. The molecule has 0 radical (unpaired) electrons. The molecule has 0 fully saturated rings. The van der Waals surface area contributed by atoms with Gasteiger partial charge in [0.25, 0.3) is 0 Å². The van der Waals surface area contributed by atoms with Crippen molar-refractivity contribution in [1.29, 1.82) is 0 Å². The van der Waals surface area contributed by atoms with E-state index in [0.717, 1.165) is 11.3 Å². The molecule has 3 rings (SSSR count). The van der Waals surface area contributed by atoms with Gasteiger partial charge in [0.05, 0.1) is 12.7 Å². The van der Waals surface area contributed by atoms with Gasteiger partial charge in [-0.25, -0.2) is 4.79 Å². The minimum absolute atomic E-state index is 0.103. The van der Waals surface area contributed by atoms with Gasteiger partial charge < -0.3 is 14.8 Å². The van der Waals surface area contributed by atoms with Crippen LogP contribution in [0.4, 0.5) is 0 Å². The summed E-state index contributed by atoms with van der Waals surface area (Å²) in [4.78, 5) is 24.9. The molecule has 0 unspecified atom stereocenters. The zero-order valence-corrected chi connectivity index (χ0v) is 16.9. The predicted octanol–water partition coefficient (Wildman–Crippen LogP) is 4.62. The van der Waals surface area contributed by atoms with E-state index >= 15 is 0 Å². The van der Waals surface area contributed by atoms with Crippen molar-refractivity contribution in [3.05, 3.63) is 74.9 Å². The van der Waals surface area contributed by atoms with E-state index < -0.39 is 11.9 Å². The van der Waals surface area contributed by atoms with Crippen LogP contribution < -0.4 is 10.1 Å². The van der Waals surface area contributed by atoms with Crippen LogP contribution in [0.25, 0.3) is 0 Å². The Labute approximate surface area is 173 Å². The first-order chi connectivity index (χ1) is 13.4. The third-order valence-electron chi connectivity index (χ3n) is 4.56. The van der Waals surface area contributed by atoms with E-state index in [-0.39, 0.29) is 18.9 Å². The van der Waals surface area contributed by atoms with Gasteiger partial charge in [0.2, 0.25) is 5.91 Å². The Balaban J connectivity index is 1.83. The number of carbonyl (C=O) groups excluding carboxylic acids is 2. The fourth-order valence-corrected chi connectivity index (χ4v) is 3.71. The molecule has 1 N–H and O–H groups in total. The Morgan fingerprint density at radius 1 is 1.18 bits per heavy atom. The molecule has 1 aliphatic heterocycles. The van der Waals surface area contributed by atoms with E-state index in [1.165, 1.54) is 0 Å². The van der Waals surface area contributed by atoms with Crippen molar-refractivity contribution in [1.82, 2.24) is 5.32 Å². The van der Waals surface area contributed by atoms with Crippen molar-refractivity contribution < 1.29 is 19.1 Å². The Kier molecular flexibility index (Phi) is 6.27. The SMILES string of the molecule is COc1ccc(COC(=O)C2=C(C)NC(=O)C[C@H]2c2ccc(Cl)cc2Cl)cc1. The third-order valence-corrected chi connectivity index (χ3v) is 5.12. The lowest BCUT2D eigenvalue weighted by atomic mass is 9.84. The molecule has 0 saturated heterocycles. The fraction of sp³-hybridized carbons (Fsp3) is 0.238. The normalized spacial score (nSPS) is 16.6. The van der Waals surface area contributed by atoms with Crippen LogP contribution in [-0.4, -0.2) is 19.0 Å². The number of halogens is 2. The first kappa shape index (κ1) is 20.2. The minimum Gasteiger partial charge on any atom is -0.497 e. The molecule has 1 aliphatic rings. The van der Waals surface area contributed by atoms with E-state index in [9.17, 15) is 9.59 Å². The minimum atomic E-state index is -0.498. The molecule has 2 aromatic rings. The van der Waals surface area contributed by atoms with Crippen molar-refractivity contribution in [3.63, 3.8) is 0 Å². The first-order valence-corrected chi connectivity index (χ1v) is 9.40. The number of hydrogen-bond donors (Lipinski definition) is 1. The number of esters is 1. The Morgan fingerprint density at radius 2 is 1.89 bits per heavy atom. The number of rotatable bonds is 5. The van der Waals surface area contributed by atoms with E-state index in [0.29, 0.717) is 26.9 Å². The number of hydrogen-bond acceptors (Lipinski definition) is 4. The number of methoxy groups -OCH3 is 1. The molecular weight excluding hydrogens is 401 g/mol.